The number of rotatable bonds is 3. The second-order valence-electron chi connectivity index (χ2n) is 4.78. The van der Waals surface area contributed by atoms with Gasteiger partial charge in [-0.3, -0.25) is 4.79 Å². The van der Waals surface area contributed by atoms with Gasteiger partial charge in [-0.1, -0.05) is 12.1 Å². The van der Waals surface area contributed by atoms with Gasteiger partial charge in [0, 0.05) is 38.2 Å². The van der Waals surface area contributed by atoms with Crippen LogP contribution < -0.4 is 5.32 Å². The van der Waals surface area contributed by atoms with Crippen LogP contribution in [-0.2, 0) is 11.3 Å². The average molecular weight is 261 g/mol. The molecule has 1 atom stereocenters. The lowest BCUT2D eigenvalue weighted by Gasteiger charge is -2.30. The molecule has 1 aliphatic rings. The number of benzene rings is 1. The highest BCUT2D eigenvalue weighted by atomic mass is 19.1. The number of hydrogen-bond acceptors (Lipinski definition) is 3. The Hall–Kier alpha value is -1.93. The largest absolute Gasteiger partial charge is 0.344 e. The van der Waals surface area contributed by atoms with Crippen LogP contribution in [0, 0.1) is 17.1 Å². The Morgan fingerprint density at radius 3 is 3.05 bits per heavy atom. The van der Waals surface area contributed by atoms with Crippen molar-refractivity contribution in [3.05, 3.63) is 35.1 Å². The molecule has 0 spiro atoms. The number of nitrogens with one attached hydrogen (secondary N) is 1. The zero-order chi connectivity index (χ0) is 13.8. The molecule has 1 unspecified atom stereocenters. The second-order valence-corrected chi connectivity index (χ2v) is 4.78. The summed E-state index contributed by atoms with van der Waals surface area (Å²) in [6.45, 7) is 1.01. The normalized spacial score (nSPS) is 19.3. The summed E-state index contributed by atoms with van der Waals surface area (Å²) in [6.07, 6.45) is 1.29. The molecule has 1 fully saturated rings. The van der Waals surface area contributed by atoms with Gasteiger partial charge in [-0.15, -0.1) is 0 Å². The van der Waals surface area contributed by atoms with Crippen LogP contribution in [0.5, 0.6) is 0 Å². The molecule has 1 amide bonds. The molecule has 0 radical (unpaired) electrons. The number of likely N-dealkylation sites (N-methyl/N-ethyl adjacent to an activating group) is 1. The zero-order valence-electron chi connectivity index (χ0n) is 10.8. The Morgan fingerprint density at radius 1 is 1.58 bits per heavy atom. The van der Waals surface area contributed by atoms with E-state index in [1.54, 1.807) is 24.1 Å². The lowest BCUT2D eigenvalue weighted by atomic mass is 10.0. The molecular weight excluding hydrogens is 245 g/mol. The summed E-state index contributed by atoms with van der Waals surface area (Å²) in [6, 6.07) is 6.81. The van der Waals surface area contributed by atoms with E-state index in [9.17, 15) is 9.18 Å². The molecule has 1 saturated heterocycles. The number of amides is 1. The van der Waals surface area contributed by atoms with Crippen LogP contribution >= 0.6 is 0 Å². The molecule has 5 heteroatoms. The monoisotopic (exact) mass is 261 g/mol. The first-order valence-corrected chi connectivity index (χ1v) is 6.26. The molecule has 1 aliphatic heterocycles. The molecule has 1 aromatic rings. The minimum Gasteiger partial charge on any atom is -0.344 e. The van der Waals surface area contributed by atoms with Crippen LogP contribution in [0.2, 0.25) is 0 Å². The molecule has 4 nitrogen and oxygen atoms in total. The van der Waals surface area contributed by atoms with Crippen molar-refractivity contribution in [1.82, 2.24) is 10.2 Å². The first-order valence-electron chi connectivity index (χ1n) is 6.26. The summed E-state index contributed by atoms with van der Waals surface area (Å²) in [5.74, 6) is -0.312. The van der Waals surface area contributed by atoms with Crippen LogP contribution in [0.4, 0.5) is 4.39 Å². The SMILES string of the molecule is CN1CC(NCc2cccc(C#N)c2F)CCC1=O. The van der Waals surface area contributed by atoms with Gasteiger partial charge >= 0.3 is 0 Å². The minimum atomic E-state index is -0.460. The fourth-order valence-corrected chi connectivity index (χ4v) is 2.24. The van der Waals surface area contributed by atoms with E-state index in [4.69, 9.17) is 5.26 Å². The maximum atomic E-state index is 13.8. The molecule has 19 heavy (non-hydrogen) atoms. The number of likely N-dealkylation sites (tertiary alicyclic amines) is 1. The molecule has 0 aromatic heterocycles. The van der Waals surface area contributed by atoms with Crippen molar-refractivity contribution >= 4 is 5.91 Å². The Bertz CT molecular complexity index is 524. The summed E-state index contributed by atoms with van der Waals surface area (Å²) in [7, 11) is 1.77. The smallest absolute Gasteiger partial charge is 0.222 e. The number of carbonyl (C=O) groups excluding carboxylic acids is 1. The van der Waals surface area contributed by atoms with E-state index in [0.29, 0.717) is 25.1 Å². The van der Waals surface area contributed by atoms with Crippen molar-refractivity contribution in [1.29, 1.82) is 5.26 Å². The fraction of sp³-hybridized carbons (Fsp3) is 0.429. The van der Waals surface area contributed by atoms with Gasteiger partial charge < -0.3 is 10.2 Å². The summed E-state index contributed by atoms with van der Waals surface area (Å²) < 4.78 is 13.8. The number of piperidine rings is 1. The molecule has 0 aliphatic carbocycles. The summed E-state index contributed by atoms with van der Waals surface area (Å²) in [4.78, 5) is 13.0. The first kappa shape index (κ1) is 13.5. The van der Waals surface area contributed by atoms with E-state index < -0.39 is 5.82 Å². The van der Waals surface area contributed by atoms with Crippen molar-refractivity contribution in [3.63, 3.8) is 0 Å². The van der Waals surface area contributed by atoms with Crippen molar-refractivity contribution in [2.24, 2.45) is 0 Å². The molecule has 100 valence electrons. The first-order chi connectivity index (χ1) is 9.11. The molecule has 1 N–H and O–H groups in total. The van der Waals surface area contributed by atoms with E-state index in [1.165, 1.54) is 6.07 Å². The lowest BCUT2D eigenvalue weighted by molar-refractivity contribution is -0.132. The number of nitriles is 1. The molecular formula is C14H16FN3O. The Labute approximate surface area is 111 Å². The standard InChI is InChI=1S/C14H16FN3O/c1-18-9-12(5-6-13(18)19)17-8-11-4-2-3-10(7-16)14(11)15/h2-4,12,17H,5-6,8-9H2,1H3. The molecule has 1 heterocycles. The van der Waals surface area contributed by atoms with Gasteiger partial charge in [-0.2, -0.15) is 5.26 Å². The van der Waals surface area contributed by atoms with E-state index in [2.05, 4.69) is 5.32 Å². The molecule has 1 aromatic carbocycles. The van der Waals surface area contributed by atoms with E-state index in [1.807, 2.05) is 6.07 Å². The third-order valence-electron chi connectivity index (χ3n) is 3.41. The number of carbonyl (C=O) groups is 1. The summed E-state index contributed by atoms with van der Waals surface area (Å²) in [5.41, 5.74) is 0.550. The average Bonchev–Trinajstić information content (AvgIpc) is 2.41. The van der Waals surface area contributed by atoms with Gasteiger partial charge in [0.25, 0.3) is 0 Å². The van der Waals surface area contributed by atoms with Gasteiger partial charge in [0.05, 0.1) is 5.56 Å². The Morgan fingerprint density at radius 2 is 2.37 bits per heavy atom. The summed E-state index contributed by atoms with van der Waals surface area (Å²) in [5, 5.41) is 12.0. The predicted octanol–water partition coefficient (Wildman–Crippen LogP) is 1.41. The molecule has 0 bridgehead atoms. The molecule has 0 saturated carbocycles. The highest BCUT2D eigenvalue weighted by Crippen LogP contribution is 2.14. The van der Waals surface area contributed by atoms with Crippen molar-refractivity contribution in [2.45, 2.75) is 25.4 Å². The fourth-order valence-electron chi connectivity index (χ4n) is 2.24. The van der Waals surface area contributed by atoms with E-state index in [-0.39, 0.29) is 17.5 Å². The van der Waals surface area contributed by atoms with E-state index >= 15 is 0 Å². The van der Waals surface area contributed by atoms with Crippen LogP contribution in [0.15, 0.2) is 18.2 Å². The third kappa shape index (κ3) is 3.09. The van der Waals surface area contributed by atoms with Gasteiger partial charge in [-0.25, -0.2) is 4.39 Å². The highest BCUT2D eigenvalue weighted by molar-refractivity contribution is 5.76. The van der Waals surface area contributed by atoms with Crippen molar-refractivity contribution in [2.75, 3.05) is 13.6 Å². The van der Waals surface area contributed by atoms with Crippen LogP contribution in [0.1, 0.15) is 24.0 Å². The maximum absolute atomic E-state index is 13.8. The van der Waals surface area contributed by atoms with Crippen molar-refractivity contribution < 1.29 is 9.18 Å². The van der Waals surface area contributed by atoms with Gasteiger partial charge in [0.15, 0.2) is 0 Å². The Balaban J connectivity index is 1.96. The van der Waals surface area contributed by atoms with Gasteiger partial charge in [0.2, 0.25) is 5.91 Å². The number of nitrogens with zero attached hydrogens (tertiary/aromatic N) is 2. The van der Waals surface area contributed by atoms with E-state index in [0.717, 1.165) is 6.42 Å². The number of hydrogen-bond donors (Lipinski definition) is 1. The second kappa shape index (κ2) is 5.81. The van der Waals surface area contributed by atoms with Gasteiger partial charge in [-0.05, 0) is 12.5 Å². The highest BCUT2D eigenvalue weighted by Gasteiger charge is 2.22. The predicted molar refractivity (Wildman–Crippen MR) is 68.6 cm³/mol. The quantitative estimate of drug-likeness (QED) is 0.895. The zero-order valence-corrected chi connectivity index (χ0v) is 10.8. The van der Waals surface area contributed by atoms with Crippen LogP contribution in [0.25, 0.3) is 0 Å². The Kier molecular flexibility index (Phi) is 4.13. The topological polar surface area (TPSA) is 56.1 Å². The van der Waals surface area contributed by atoms with Crippen LogP contribution in [-0.4, -0.2) is 30.4 Å². The van der Waals surface area contributed by atoms with Crippen LogP contribution in [0.3, 0.4) is 0 Å². The minimum absolute atomic E-state index is 0.0650. The lowest BCUT2D eigenvalue weighted by Crippen LogP contribution is -2.46. The summed E-state index contributed by atoms with van der Waals surface area (Å²) >= 11 is 0. The third-order valence-corrected chi connectivity index (χ3v) is 3.41. The van der Waals surface area contributed by atoms with Gasteiger partial charge in [0.1, 0.15) is 11.9 Å². The van der Waals surface area contributed by atoms with Crippen molar-refractivity contribution in [3.8, 4) is 6.07 Å². The number of halogens is 1. The molecule has 2 rings (SSSR count). The maximum Gasteiger partial charge on any atom is 0.222 e.